The van der Waals surface area contributed by atoms with Crippen LogP contribution in [0.4, 0.5) is 0 Å². The molecule has 0 amide bonds. The van der Waals surface area contributed by atoms with Crippen LogP contribution in [0.2, 0.25) is 0 Å². The minimum atomic E-state index is 0.331. The number of nitrogens with two attached hydrogens (primary N) is 1. The summed E-state index contributed by atoms with van der Waals surface area (Å²) in [5.74, 6) is 0.594. The molecule has 0 aliphatic carbocycles. The van der Waals surface area contributed by atoms with E-state index in [1.807, 2.05) is 0 Å². The standard InChI is InChI=1S/C11H24N2/c1-9(2)10(12)8-13-7-5-6-11(13,3)4/h9-10H,5-8,12H2,1-4H3. The first-order chi connectivity index (χ1) is 5.93. The van der Waals surface area contributed by atoms with Crippen LogP contribution in [0.5, 0.6) is 0 Å². The number of likely N-dealkylation sites (tertiary alicyclic amines) is 1. The zero-order chi connectivity index (χ0) is 10.1. The van der Waals surface area contributed by atoms with Crippen LogP contribution in [-0.4, -0.2) is 29.6 Å². The Morgan fingerprint density at radius 2 is 2.00 bits per heavy atom. The first-order valence-electron chi connectivity index (χ1n) is 5.44. The summed E-state index contributed by atoms with van der Waals surface area (Å²) in [4.78, 5) is 2.54. The Bertz CT molecular complexity index is 163. The van der Waals surface area contributed by atoms with Gasteiger partial charge in [0.1, 0.15) is 0 Å². The van der Waals surface area contributed by atoms with Gasteiger partial charge in [0.15, 0.2) is 0 Å². The maximum absolute atomic E-state index is 6.08. The van der Waals surface area contributed by atoms with E-state index in [2.05, 4.69) is 32.6 Å². The van der Waals surface area contributed by atoms with Crippen LogP contribution >= 0.6 is 0 Å². The van der Waals surface area contributed by atoms with Gasteiger partial charge in [0.2, 0.25) is 0 Å². The lowest BCUT2D eigenvalue weighted by atomic mass is 9.99. The van der Waals surface area contributed by atoms with E-state index in [1.54, 1.807) is 0 Å². The fraction of sp³-hybridized carbons (Fsp3) is 1.00. The van der Waals surface area contributed by atoms with Crippen LogP contribution in [0.15, 0.2) is 0 Å². The molecule has 1 aliphatic rings. The third-order valence-electron chi connectivity index (χ3n) is 3.36. The predicted molar refractivity (Wildman–Crippen MR) is 57.7 cm³/mol. The van der Waals surface area contributed by atoms with Crippen LogP contribution in [0.1, 0.15) is 40.5 Å². The van der Waals surface area contributed by atoms with Gasteiger partial charge < -0.3 is 5.73 Å². The van der Waals surface area contributed by atoms with Gasteiger partial charge in [-0.05, 0) is 39.2 Å². The van der Waals surface area contributed by atoms with E-state index in [0.717, 1.165) is 6.54 Å². The lowest BCUT2D eigenvalue weighted by molar-refractivity contribution is 0.155. The molecule has 1 aliphatic heterocycles. The van der Waals surface area contributed by atoms with Crippen molar-refractivity contribution in [1.29, 1.82) is 0 Å². The van der Waals surface area contributed by atoms with E-state index >= 15 is 0 Å². The minimum Gasteiger partial charge on any atom is -0.326 e. The molecule has 78 valence electrons. The van der Waals surface area contributed by atoms with Crippen molar-refractivity contribution in [2.24, 2.45) is 11.7 Å². The summed E-state index contributed by atoms with van der Waals surface area (Å²) in [6.07, 6.45) is 2.65. The van der Waals surface area contributed by atoms with Crippen LogP contribution in [0.3, 0.4) is 0 Å². The molecule has 0 saturated carbocycles. The molecule has 0 radical (unpaired) electrons. The largest absolute Gasteiger partial charge is 0.326 e. The summed E-state index contributed by atoms with van der Waals surface area (Å²) in [6.45, 7) is 11.3. The van der Waals surface area contributed by atoms with E-state index < -0.39 is 0 Å². The highest BCUT2D eigenvalue weighted by molar-refractivity contribution is 4.89. The molecule has 1 heterocycles. The van der Waals surface area contributed by atoms with Crippen LogP contribution in [-0.2, 0) is 0 Å². The molecule has 1 rings (SSSR count). The molecule has 2 heteroatoms. The second-order valence-corrected chi connectivity index (χ2v) is 5.27. The van der Waals surface area contributed by atoms with Crippen molar-refractivity contribution in [3.63, 3.8) is 0 Å². The van der Waals surface area contributed by atoms with E-state index in [-0.39, 0.29) is 0 Å². The molecule has 1 saturated heterocycles. The zero-order valence-electron chi connectivity index (χ0n) is 9.51. The smallest absolute Gasteiger partial charge is 0.0191 e. The molecule has 0 spiro atoms. The molecule has 0 bridgehead atoms. The summed E-state index contributed by atoms with van der Waals surface area (Å²) in [5, 5.41) is 0. The Balaban J connectivity index is 2.45. The van der Waals surface area contributed by atoms with E-state index in [9.17, 15) is 0 Å². The minimum absolute atomic E-state index is 0.331. The highest BCUT2D eigenvalue weighted by Gasteiger charge is 2.32. The monoisotopic (exact) mass is 184 g/mol. The van der Waals surface area contributed by atoms with Crippen molar-refractivity contribution < 1.29 is 0 Å². The molecular weight excluding hydrogens is 160 g/mol. The Morgan fingerprint density at radius 3 is 2.38 bits per heavy atom. The van der Waals surface area contributed by atoms with Crippen molar-refractivity contribution in [3.05, 3.63) is 0 Å². The fourth-order valence-corrected chi connectivity index (χ4v) is 1.97. The van der Waals surface area contributed by atoms with Gasteiger partial charge in [-0.2, -0.15) is 0 Å². The normalized spacial score (nSPS) is 25.4. The lowest BCUT2D eigenvalue weighted by Gasteiger charge is -2.34. The molecule has 2 nitrogen and oxygen atoms in total. The lowest BCUT2D eigenvalue weighted by Crippen LogP contribution is -2.47. The van der Waals surface area contributed by atoms with Crippen LogP contribution < -0.4 is 5.73 Å². The van der Waals surface area contributed by atoms with Gasteiger partial charge in [-0.1, -0.05) is 13.8 Å². The second-order valence-electron chi connectivity index (χ2n) is 5.27. The maximum Gasteiger partial charge on any atom is 0.0191 e. The molecule has 0 aromatic rings. The van der Waals surface area contributed by atoms with Gasteiger partial charge in [-0.25, -0.2) is 0 Å². The fourth-order valence-electron chi connectivity index (χ4n) is 1.97. The first kappa shape index (κ1) is 11.0. The molecule has 0 aromatic carbocycles. The van der Waals surface area contributed by atoms with Crippen molar-refractivity contribution in [1.82, 2.24) is 4.90 Å². The number of hydrogen-bond donors (Lipinski definition) is 1. The Kier molecular flexibility index (Phi) is 3.36. The number of hydrogen-bond acceptors (Lipinski definition) is 2. The quantitative estimate of drug-likeness (QED) is 0.725. The average molecular weight is 184 g/mol. The van der Waals surface area contributed by atoms with E-state index in [1.165, 1.54) is 19.4 Å². The van der Waals surface area contributed by atoms with E-state index in [4.69, 9.17) is 5.73 Å². The van der Waals surface area contributed by atoms with Crippen molar-refractivity contribution in [2.75, 3.05) is 13.1 Å². The molecular formula is C11H24N2. The average Bonchev–Trinajstić information content (AvgIpc) is 2.30. The van der Waals surface area contributed by atoms with Crippen LogP contribution in [0, 0.1) is 5.92 Å². The molecule has 0 aromatic heterocycles. The topological polar surface area (TPSA) is 29.3 Å². The Labute approximate surface area is 82.5 Å². The molecule has 13 heavy (non-hydrogen) atoms. The number of rotatable bonds is 3. The van der Waals surface area contributed by atoms with Gasteiger partial charge in [0, 0.05) is 18.1 Å². The van der Waals surface area contributed by atoms with Crippen molar-refractivity contribution in [2.45, 2.75) is 52.1 Å². The van der Waals surface area contributed by atoms with Crippen LogP contribution in [0.25, 0.3) is 0 Å². The van der Waals surface area contributed by atoms with Gasteiger partial charge in [0.25, 0.3) is 0 Å². The van der Waals surface area contributed by atoms with Crippen molar-refractivity contribution in [3.8, 4) is 0 Å². The molecule has 2 N–H and O–H groups in total. The number of nitrogens with zero attached hydrogens (tertiary/aromatic N) is 1. The summed E-state index contributed by atoms with van der Waals surface area (Å²) in [6, 6.07) is 0.331. The highest BCUT2D eigenvalue weighted by atomic mass is 15.2. The molecule has 1 atom stereocenters. The summed E-state index contributed by atoms with van der Waals surface area (Å²) < 4.78 is 0. The molecule has 1 unspecified atom stereocenters. The van der Waals surface area contributed by atoms with E-state index in [0.29, 0.717) is 17.5 Å². The zero-order valence-corrected chi connectivity index (χ0v) is 9.51. The van der Waals surface area contributed by atoms with Gasteiger partial charge >= 0.3 is 0 Å². The third kappa shape index (κ3) is 2.68. The summed E-state index contributed by atoms with van der Waals surface area (Å²) in [7, 11) is 0. The Morgan fingerprint density at radius 1 is 1.38 bits per heavy atom. The first-order valence-corrected chi connectivity index (χ1v) is 5.44. The third-order valence-corrected chi connectivity index (χ3v) is 3.36. The predicted octanol–water partition coefficient (Wildman–Crippen LogP) is 1.84. The molecule has 1 fully saturated rings. The SMILES string of the molecule is CC(C)C(N)CN1CCCC1(C)C. The summed E-state index contributed by atoms with van der Waals surface area (Å²) >= 11 is 0. The van der Waals surface area contributed by atoms with Gasteiger partial charge in [-0.3, -0.25) is 4.90 Å². The Hall–Kier alpha value is -0.0800. The maximum atomic E-state index is 6.08. The van der Waals surface area contributed by atoms with Crippen molar-refractivity contribution >= 4 is 0 Å². The van der Waals surface area contributed by atoms with Gasteiger partial charge in [0.05, 0.1) is 0 Å². The summed E-state index contributed by atoms with van der Waals surface area (Å²) in [5.41, 5.74) is 6.46. The van der Waals surface area contributed by atoms with Gasteiger partial charge in [-0.15, -0.1) is 0 Å². The second kappa shape index (κ2) is 3.97. The highest BCUT2D eigenvalue weighted by Crippen LogP contribution is 2.28.